The van der Waals surface area contributed by atoms with Crippen LogP contribution < -0.4 is 5.32 Å². The standard InChI is InChI=1S/C12H16N2O2/c15-12(7-10-8-16-9-10)14-6-4-11-3-1-2-5-13-11/h1-3,5,10H,4,6-9H2,(H,14,15). The van der Waals surface area contributed by atoms with Gasteiger partial charge in [-0.25, -0.2) is 0 Å². The van der Waals surface area contributed by atoms with Gasteiger partial charge in [-0.05, 0) is 12.1 Å². The van der Waals surface area contributed by atoms with E-state index in [0.29, 0.717) is 18.9 Å². The summed E-state index contributed by atoms with van der Waals surface area (Å²) < 4.78 is 5.02. The lowest BCUT2D eigenvalue weighted by atomic mass is 10.0. The Labute approximate surface area is 95.0 Å². The molecular weight excluding hydrogens is 204 g/mol. The van der Waals surface area contributed by atoms with E-state index in [2.05, 4.69) is 10.3 Å². The molecule has 4 nitrogen and oxygen atoms in total. The molecule has 1 saturated heterocycles. The van der Waals surface area contributed by atoms with Crippen molar-refractivity contribution in [3.63, 3.8) is 0 Å². The van der Waals surface area contributed by atoms with E-state index in [1.807, 2.05) is 18.2 Å². The predicted molar refractivity (Wildman–Crippen MR) is 59.9 cm³/mol. The Hall–Kier alpha value is -1.42. The SMILES string of the molecule is O=C(CC1COC1)NCCc1ccccn1. The fourth-order valence-corrected chi connectivity index (χ4v) is 1.61. The van der Waals surface area contributed by atoms with Crippen molar-refractivity contribution < 1.29 is 9.53 Å². The Balaban J connectivity index is 1.62. The van der Waals surface area contributed by atoms with Gasteiger partial charge in [0.2, 0.25) is 5.91 Å². The average Bonchev–Trinajstić information content (AvgIpc) is 2.25. The van der Waals surface area contributed by atoms with E-state index in [1.165, 1.54) is 0 Å². The third-order valence-corrected chi connectivity index (χ3v) is 2.61. The van der Waals surface area contributed by atoms with Crippen molar-refractivity contribution in [2.45, 2.75) is 12.8 Å². The van der Waals surface area contributed by atoms with Crippen LogP contribution in [0.15, 0.2) is 24.4 Å². The summed E-state index contributed by atoms with van der Waals surface area (Å²) in [6, 6.07) is 5.81. The zero-order chi connectivity index (χ0) is 11.2. The van der Waals surface area contributed by atoms with Gasteiger partial charge in [-0.2, -0.15) is 0 Å². The Morgan fingerprint density at radius 3 is 3.00 bits per heavy atom. The lowest BCUT2D eigenvalue weighted by molar-refractivity contribution is -0.126. The minimum absolute atomic E-state index is 0.115. The molecule has 4 heteroatoms. The molecule has 1 fully saturated rings. The number of carbonyl (C=O) groups excluding carboxylic acids is 1. The summed E-state index contributed by atoms with van der Waals surface area (Å²) in [5.74, 6) is 0.541. The van der Waals surface area contributed by atoms with E-state index in [1.54, 1.807) is 6.20 Å². The summed E-state index contributed by atoms with van der Waals surface area (Å²) in [7, 11) is 0. The van der Waals surface area contributed by atoms with E-state index in [0.717, 1.165) is 25.3 Å². The van der Waals surface area contributed by atoms with Crippen LogP contribution in [-0.4, -0.2) is 30.6 Å². The molecule has 2 rings (SSSR count). The molecule has 0 unspecified atom stereocenters. The zero-order valence-electron chi connectivity index (χ0n) is 9.19. The first-order valence-electron chi connectivity index (χ1n) is 5.59. The summed E-state index contributed by atoms with van der Waals surface area (Å²) in [5, 5.41) is 2.90. The second-order valence-corrected chi connectivity index (χ2v) is 4.03. The maximum Gasteiger partial charge on any atom is 0.220 e. The number of rotatable bonds is 5. The minimum Gasteiger partial charge on any atom is -0.381 e. The van der Waals surface area contributed by atoms with Crippen LogP contribution in [0, 0.1) is 5.92 Å². The molecule has 1 N–H and O–H groups in total. The fraction of sp³-hybridized carbons (Fsp3) is 0.500. The molecule has 0 aliphatic carbocycles. The summed E-state index contributed by atoms with van der Waals surface area (Å²) in [6.45, 7) is 2.12. The van der Waals surface area contributed by atoms with Gasteiger partial charge in [0.25, 0.3) is 0 Å². The summed E-state index contributed by atoms with van der Waals surface area (Å²) in [5.41, 5.74) is 1.01. The fourth-order valence-electron chi connectivity index (χ4n) is 1.61. The number of nitrogens with one attached hydrogen (secondary N) is 1. The third-order valence-electron chi connectivity index (χ3n) is 2.61. The maximum atomic E-state index is 11.4. The van der Waals surface area contributed by atoms with Gasteiger partial charge in [0.05, 0.1) is 13.2 Å². The Morgan fingerprint density at radius 1 is 1.50 bits per heavy atom. The zero-order valence-corrected chi connectivity index (χ0v) is 9.19. The number of carbonyl (C=O) groups is 1. The first-order valence-corrected chi connectivity index (χ1v) is 5.59. The lowest BCUT2D eigenvalue weighted by Gasteiger charge is -2.25. The Bertz CT molecular complexity index is 336. The van der Waals surface area contributed by atoms with Crippen molar-refractivity contribution in [2.24, 2.45) is 5.92 Å². The lowest BCUT2D eigenvalue weighted by Crippen LogP contribution is -2.35. The molecule has 86 valence electrons. The van der Waals surface area contributed by atoms with Gasteiger partial charge in [0.1, 0.15) is 0 Å². The van der Waals surface area contributed by atoms with Crippen LogP contribution in [0.4, 0.5) is 0 Å². The first-order chi connectivity index (χ1) is 7.84. The number of nitrogens with zero attached hydrogens (tertiary/aromatic N) is 1. The Kier molecular flexibility index (Phi) is 3.88. The number of ether oxygens (including phenoxy) is 1. The summed E-state index contributed by atoms with van der Waals surface area (Å²) >= 11 is 0. The van der Waals surface area contributed by atoms with Gasteiger partial charge in [-0.15, -0.1) is 0 Å². The molecule has 0 radical (unpaired) electrons. The van der Waals surface area contributed by atoms with Crippen LogP contribution >= 0.6 is 0 Å². The number of aromatic nitrogens is 1. The molecule has 0 bridgehead atoms. The van der Waals surface area contributed by atoms with E-state index in [4.69, 9.17) is 4.74 Å². The molecule has 0 aromatic carbocycles. The van der Waals surface area contributed by atoms with Crippen LogP contribution in [0.2, 0.25) is 0 Å². The van der Waals surface area contributed by atoms with Crippen molar-refractivity contribution >= 4 is 5.91 Å². The molecule has 0 saturated carbocycles. The van der Waals surface area contributed by atoms with Gasteiger partial charge in [0.15, 0.2) is 0 Å². The first kappa shape index (κ1) is 11.1. The van der Waals surface area contributed by atoms with E-state index >= 15 is 0 Å². The highest BCUT2D eigenvalue weighted by molar-refractivity contribution is 5.76. The van der Waals surface area contributed by atoms with Crippen LogP contribution in [0.25, 0.3) is 0 Å². The van der Waals surface area contributed by atoms with Gasteiger partial charge < -0.3 is 10.1 Å². The van der Waals surface area contributed by atoms with Crippen molar-refractivity contribution in [1.82, 2.24) is 10.3 Å². The molecule has 1 aliphatic rings. The molecule has 1 aromatic heterocycles. The highest BCUT2D eigenvalue weighted by atomic mass is 16.5. The highest BCUT2D eigenvalue weighted by Crippen LogP contribution is 2.13. The highest BCUT2D eigenvalue weighted by Gasteiger charge is 2.21. The van der Waals surface area contributed by atoms with Crippen LogP contribution in [-0.2, 0) is 16.0 Å². The smallest absolute Gasteiger partial charge is 0.220 e. The van der Waals surface area contributed by atoms with Gasteiger partial charge >= 0.3 is 0 Å². The molecule has 2 heterocycles. The molecule has 1 aliphatic heterocycles. The maximum absolute atomic E-state index is 11.4. The number of hydrogen-bond acceptors (Lipinski definition) is 3. The third kappa shape index (κ3) is 3.31. The quantitative estimate of drug-likeness (QED) is 0.797. The van der Waals surface area contributed by atoms with Gasteiger partial charge in [-0.3, -0.25) is 9.78 Å². The van der Waals surface area contributed by atoms with Crippen molar-refractivity contribution in [3.05, 3.63) is 30.1 Å². The molecule has 1 aromatic rings. The van der Waals surface area contributed by atoms with Crippen LogP contribution in [0.5, 0.6) is 0 Å². The summed E-state index contributed by atoms with van der Waals surface area (Å²) in [6.07, 6.45) is 3.14. The van der Waals surface area contributed by atoms with Crippen LogP contribution in [0.1, 0.15) is 12.1 Å². The van der Waals surface area contributed by atoms with Crippen molar-refractivity contribution in [2.75, 3.05) is 19.8 Å². The minimum atomic E-state index is 0.115. The predicted octanol–water partition coefficient (Wildman–Crippen LogP) is 0.777. The summed E-state index contributed by atoms with van der Waals surface area (Å²) in [4.78, 5) is 15.6. The van der Waals surface area contributed by atoms with Crippen molar-refractivity contribution in [1.29, 1.82) is 0 Å². The normalized spacial score (nSPS) is 15.5. The van der Waals surface area contributed by atoms with Gasteiger partial charge in [0, 0.05) is 37.2 Å². The number of amides is 1. The average molecular weight is 220 g/mol. The monoisotopic (exact) mass is 220 g/mol. The molecule has 16 heavy (non-hydrogen) atoms. The molecule has 1 amide bonds. The second-order valence-electron chi connectivity index (χ2n) is 4.03. The van der Waals surface area contributed by atoms with Gasteiger partial charge in [-0.1, -0.05) is 6.07 Å². The number of pyridine rings is 1. The van der Waals surface area contributed by atoms with E-state index in [-0.39, 0.29) is 5.91 Å². The van der Waals surface area contributed by atoms with E-state index < -0.39 is 0 Å². The van der Waals surface area contributed by atoms with Crippen LogP contribution in [0.3, 0.4) is 0 Å². The van der Waals surface area contributed by atoms with Crippen molar-refractivity contribution in [3.8, 4) is 0 Å². The Morgan fingerprint density at radius 2 is 2.38 bits per heavy atom. The second kappa shape index (κ2) is 5.61. The largest absolute Gasteiger partial charge is 0.381 e. The molecule has 0 atom stereocenters. The molecule has 0 spiro atoms. The van der Waals surface area contributed by atoms with E-state index in [9.17, 15) is 4.79 Å². The number of hydrogen-bond donors (Lipinski definition) is 1. The molecular formula is C12H16N2O2. The topological polar surface area (TPSA) is 51.2 Å².